The number of hydrogen-bond acceptors (Lipinski definition) is 1. The van der Waals surface area contributed by atoms with Gasteiger partial charge in [-0.15, -0.1) is 0 Å². The predicted octanol–water partition coefficient (Wildman–Crippen LogP) is 6.05. The summed E-state index contributed by atoms with van der Waals surface area (Å²) in [6.45, 7) is 8.74. The van der Waals surface area contributed by atoms with Crippen LogP contribution in [0.15, 0.2) is 46.9 Å². The molecule has 2 heteroatoms. The van der Waals surface area contributed by atoms with Gasteiger partial charge >= 0.3 is 0 Å². The zero-order valence-electron chi connectivity index (χ0n) is 12.6. The van der Waals surface area contributed by atoms with Crippen LogP contribution in [-0.4, -0.2) is 0 Å². The van der Waals surface area contributed by atoms with Crippen molar-refractivity contribution < 1.29 is 0 Å². The van der Waals surface area contributed by atoms with Gasteiger partial charge in [-0.2, -0.15) is 0 Å². The molecular formula is C18H22BrN. The Labute approximate surface area is 130 Å². The zero-order valence-corrected chi connectivity index (χ0v) is 14.2. The molecule has 0 saturated heterocycles. The Morgan fingerprint density at radius 3 is 2.05 bits per heavy atom. The molecule has 0 aliphatic carbocycles. The predicted molar refractivity (Wildman–Crippen MR) is 91.4 cm³/mol. The summed E-state index contributed by atoms with van der Waals surface area (Å²) in [5.41, 5.74) is 5.09. The van der Waals surface area contributed by atoms with Crippen molar-refractivity contribution >= 4 is 21.6 Å². The van der Waals surface area contributed by atoms with Crippen LogP contribution < -0.4 is 5.32 Å². The molecule has 0 radical (unpaired) electrons. The van der Waals surface area contributed by atoms with E-state index in [1.807, 2.05) is 0 Å². The SMILES string of the molecule is Cc1ccc(NC(C)c2ccc(C(C)C)cc2)cc1Br. The minimum Gasteiger partial charge on any atom is -0.378 e. The van der Waals surface area contributed by atoms with Gasteiger partial charge in [0.15, 0.2) is 0 Å². The van der Waals surface area contributed by atoms with Crippen LogP contribution in [0.5, 0.6) is 0 Å². The molecule has 0 aliphatic heterocycles. The number of rotatable bonds is 4. The quantitative estimate of drug-likeness (QED) is 0.718. The summed E-state index contributed by atoms with van der Waals surface area (Å²) in [6, 6.07) is 15.6. The maximum Gasteiger partial charge on any atom is 0.0485 e. The van der Waals surface area contributed by atoms with Crippen LogP contribution in [0.4, 0.5) is 5.69 Å². The van der Waals surface area contributed by atoms with Crippen molar-refractivity contribution in [2.75, 3.05) is 5.32 Å². The van der Waals surface area contributed by atoms with E-state index < -0.39 is 0 Å². The Bertz CT molecular complexity index is 572. The molecule has 0 aliphatic rings. The third-order valence-electron chi connectivity index (χ3n) is 3.66. The highest BCUT2D eigenvalue weighted by Gasteiger charge is 2.07. The highest BCUT2D eigenvalue weighted by atomic mass is 79.9. The maximum atomic E-state index is 3.58. The number of benzene rings is 2. The van der Waals surface area contributed by atoms with Gasteiger partial charge < -0.3 is 5.32 Å². The van der Waals surface area contributed by atoms with Crippen LogP contribution in [-0.2, 0) is 0 Å². The lowest BCUT2D eigenvalue weighted by Crippen LogP contribution is -2.06. The van der Waals surface area contributed by atoms with Gasteiger partial charge in [-0.3, -0.25) is 0 Å². The van der Waals surface area contributed by atoms with Crippen LogP contribution in [0.2, 0.25) is 0 Å². The minimum absolute atomic E-state index is 0.297. The molecular weight excluding hydrogens is 310 g/mol. The van der Waals surface area contributed by atoms with Crippen LogP contribution in [0, 0.1) is 6.92 Å². The summed E-state index contributed by atoms with van der Waals surface area (Å²) >= 11 is 3.58. The number of nitrogens with one attached hydrogen (secondary N) is 1. The van der Waals surface area contributed by atoms with Crippen molar-refractivity contribution in [2.45, 2.75) is 39.7 Å². The molecule has 1 nitrogen and oxygen atoms in total. The molecule has 1 N–H and O–H groups in total. The van der Waals surface area contributed by atoms with Gasteiger partial charge in [-0.05, 0) is 48.6 Å². The fourth-order valence-electron chi connectivity index (χ4n) is 2.19. The standard InChI is InChI=1S/C18H22BrN/c1-12(2)15-6-8-16(9-7-15)14(4)20-17-10-5-13(3)18(19)11-17/h5-12,14,20H,1-4H3. The first-order valence-corrected chi connectivity index (χ1v) is 7.89. The zero-order chi connectivity index (χ0) is 14.7. The first kappa shape index (κ1) is 15.1. The van der Waals surface area contributed by atoms with Crippen LogP contribution in [0.1, 0.15) is 49.4 Å². The van der Waals surface area contributed by atoms with E-state index in [0.29, 0.717) is 12.0 Å². The topological polar surface area (TPSA) is 12.0 Å². The molecule has 20 heavy (non-hydrogen) atoms. The molecule has 106 valence electrons. The summed E-state index contributed by atoms with van der Waals surface area (Å²) in [7, 11) is 0. The van der Waals surface area contributed by atoms with E-state index in [0.717, 1.165) is 10.2 Å². The second-order valence-electron chi connectivity index (χ2n) is 5.65. The first-order valence-electron chi connectivity index (χ1n) is 7.10. The average molecular weight is 332 g/mol. The number of halogens is 1. The van der Waals surface area contributed by atoms with Gasteiger partial charge in [-0.1, -0.05) is 60.1 Å². The van der Waals surface area contributed by atoms with Gasteiger partial charge in [0.25, 0.3) is 0 Å². The van der Waals surface area contributed by atoms with E-state index in [4.69, 9.17) is 0 Å². The smallest absolute Gasteiger partial charge is 0.0485 e. The van der Waals surface area contributed by atoms with Gasteiger partial charge in [0.2, 0.25) is 0 Å². The number of aryl methyl sites for hydroxylation is 1. The van der Waals surface area contributed by atoms with Crippen molar-refractivity contribution in [3.05, 3.63) is 63.6 Å². The molecule has 0 aromatic heterocycles. The molecule has 1 unspecified atom stereocenters. The van der Waals surface area contributed by atoms with E-state index in [-0.39, 0.29) is 0 Å². The van der Waals surface area contributed by atoms with Crippen molar-refractivity contribution in [3.8, 4) is 0 Å². The molecule has 2 rings (SSSR count). The fourth-order valence-corrected chi connectivity index (χ4v) is 2.56. The first-order chi connectivity index (χ1) is 9.47. The van der Waals surface area contributed by atoms with Crippen molar-refractivity contribution in [2.24, 2.45) is 0 Å². The summed E-state index contributed by atoms with van der Waals surface area (Å²) in [6.07, 6.45) is 0. The third-order valence-corrected chi connectivity index (χ3v) is 4.51. The largest absolute Gasteiger partial charge is 0.378 e. The van der Waals surface area contributed by atoms with Crippen molar-refractivity contribution in [3.63, 3.8) is 0 Å². The maximum absolute atomic E-state index is 3.58. The minimum atomic E-state index is 0.297. The molecule has 0 bridgehead atoms. The van der Waals surface area contributed by atoms with Gasteiger partial charge in [0.05, 0.1) is 0 Å². The molecule has 1 atom stereocenters. The van der Waals surface area contributed by atoms with E-state index in [1.54, 1.807) is 0 Å². The highest BCUT2D eigenvalue weighted by Crippen LogP contribution is 2.25. The molecule has 2 aromatic rings. The van der Waals surface area contributed by atoms with Crippen molar-refractivity contribution in [1.82, 2.24) is 0 Å². The third kappa shape index (κ3) is 3.63. The van der Waals surface area contributed by atoms with Crippen LogP contribution >= 0.6 is 15.9 Å². The second-order valence-corrected chi connectivity index (χ2v) is 6.51. The summed E-state index contributed by atoms with van der Waals surface area (Å²) in [4.78, 5) is 0. The van der Waals surface area contributed by atoms with Gasteiger partial charge in [-0.25, -0.2) is 0 Å². The lowest BCUT2D eigenvalue weighted by molar-refractivity contribution is 0.852. The Kier molecular flexibility index (Phi) is 4.87. The van der Waals surface area contributed by atoms with Gasteiger partial charge in [0, 0.05) is 16.2 Å². The Balaban J connectivity index is 2.10. The number of hydrogen-bond donors (Lipinski definition) is 1. The lowest BCUT2D eigenvalue weighted by Gasteiger charge is -2.17. The Morgan fingerprint density at radius 1 is 0.900 bits per heavy atom. The Hall–Kier alpha value is -1.28. The van der Waals surface area contributed by atoms with E-state index >= 15 is 0 Å². The lowest BCUT2D eigenvalue weighted by atomic mass is 9.99. The average Bonchev–Trinajstić information content (AvgIpc) is 2.43. The summed E-state index contributed by atoms with van der Waals surface area (Å²) in [5, 5.41) is 3.54. The monoisotopic (exact) mass is 331 g/mol. The van der Waals surface area contributed by atoms with Crippen LogP contribution in [0.25, 0.3) is 0 Å². The molecule has 0 amide bonds. The molecule has 0 spiro atoms. The molecule has 2 aromatic carbocycles. The van der Waals surface area contributed by atoms with Crippen molar-refractivity contribution in [1.29, 1.82) is 0 Å². The van der Waals surface area contributed by atoms with E-state index in [2.05, 4.69) is 91.4 Å². The Morgan fingerprint density at radius 2 is 1.50 bits per heavy atom. The van der Waals surface area contributed by atoms with E-state index in [9.17, 15) is 0 Å². The molecule has 0 fully saturated rings. The van der Waals surface area contributed by atoms with E-state index in [1.165, 1.54) is 16.7 Å². The van der Waals surface area contributed by atoms with Gasteiger partial charge in [0.1, 0.15) is 0 Å². The summed E-state index contributed by atoms with van der Waals surface area (Å²) < 4.78 is 1.14. The second kappa shape index (κ2) is 6.45. The summed E-state index contributed by atoms with van der Waals surface area (Å²) in [5.74, 6) is 0.584. The highest BCUT2D eigenvalue weighted by molar-refractivity contribution is 9.10. The molecule has 0 saturated carbocycles. The molecule has 0 heterocycles. The number of anilines is 1. The van der Waals surface area contributed by atoms with Crippen LogP contribution in [0.3, 0.4) is 0 Å². The fraction of sp³-hybridized carbons (Fsp3) is 0.333. The normalized spacial score (nSPS) is 12.5.